The molecule has 0 bridgehead atoms. The summed E-state index contributed by atoms with van der Waals surface area (Å²) in [5.41, 5.74) is 2.11. The van der Waals surface area contributed by atoms with E-state index < -0.39 is 5.97 Å². The largest absolute Gasteiger partial charge is 0.469 e. The molecule has 0 aliphatic rings. The van der Waals surface area contributed by atoms with Gasteiger partial charge in [-0.3, -0.25) is 9.69 Å². The highest BCUT2D eigenvalue weighted by Crippen LogP contribution is 2.32. The third-order valence-electron chi connectivity index (χ3n) is 4.13. The summed E-state index contributed by atoms with van der Waals surface area (Å²) in [5, 5.41) is 9.77. The molecule has 0 radical (unpaired) electrons. The van der Waals surface area contributed by atoms with E-state index in [1.807, 2.05) is 24.5 Å². The molecule has 22 heavy (non-hydrogen) atoms. The van der Waals surface area contributed by atoms with Crippen LogP contribution in [0.3, 0.4) is 0 Å². The first-order valence-corrected chi connectivity index (χ1v) is 7.08. The Bertz CT molecular complexity index is 696. The van der Waals surface area contributed by atoms with Crippen LogP contribution in [0.25, 0.3) is 10.9 Å². The van der Waals surface area contributed by atoms with Crippen molar-refractivity contribution in [2.75, 3.05) is 20.9 Å². The van der Waals surface area contributed by atoms with Crippen LogP contribution in [0.5, 0.6) is 0 Å². The van der Waals surface area contributed by atoms with E-state index in [-0.39, 0.29) is 25.1 Å². The van der Waals surface area contributed by atoms with Crippen LogP contribution in [0.2, 0.25) is 0 Å². The average Bonchev–Trinajstić information content (AvgIpc) is 2.79. The van der Waals surface area contributed by atoms with Gasteiger partial charge in [0.25, 0.3) is 0 Å². The number of hydrogen-bond acceptors (Lipinski definition) is 4. The maximum atomic E-state index is 14.3. The molecule has 1 N–H and O–H groups in total. The van der Waals surface area contributed by atoms with Gasteiger partial charge in [0.05, 0.1) is 31.9 Å². The molecular formula is C16H21FN2O3. The lowest BCUT2D eigenvalue weighted by Gasteiger charge is -2.26. The van der Waals surface area contributed by atoms with Crippen molar-refractivity contribution in [2.24, 2.45) is 0 Å². The van der Waals surface area contributed by atoms with Gasteiger partial charge in [-0.05, 0) is 38.6 Å². The number of hydrogen-bond donors (Lipinski definition) is 1. The van der Waals surface area contributed by atoms with Crippen molar-refractivity contribution in [3.63, 3.8) is 0 Å². The molecule has 1 aromatic heterocycles. The van der Waals surface area contributed by atoms with E-state index in [2.05, 4.69) is 0 Å². The van der Waals surface area contributed by atoms with Crippen molar-refractivity contribution in [1.29, 1.82) is 0 Å². The molecule has 1 atom stereocenters. The summed E-state index contributed by atoms with van der Waals surface area (Å²) in [5.74, 6) is -0.773. The van der Waals surface area contributed by atoms with E-state index >= 15 is 0 Å². The standard InChI is InChI=1S/C16H21FN2O3/c1-10-12(8-15(21)22-4)16-13(17)6-5-7-14(16)19(10)11(2)18(3)9-20/h5-7,11,20H,8-9H2,1-4H3. The summed E-state index contributed by atoms with van der Waals surface area (Å²) in [6.45, 7) is 3.64. The van der Waals surface area contributed by atoms with Crippen molar-refractivity contribution in [3.05, 3.63) is 35.3 Å². The molecule has 120 valence electrons. The average molecular weight is 308 g/mol. The molecule has 0 fully saturated rings. The van der Waals surface area contributed by atoms with Crippen LogP contribution < -0.4 is 0 Å². The lowest BCUT2D eigenvalue weighted by molar-refractivity contribution is -0.139. The van der Waals surface area contributed by atoms with Gasteiger partial charge in [-0.2, -0.15) is 0 Å². The van der Waals surface area contributed by atoms with Crippen LogP contribution in [0, 0.1) is 12.7 Å². The molecule has 2 rings (SSSR count). The van der Waals surface area contributed by atoms with Gasteiger partial charge in [0.1, 0.15) is 5.82 Å². The number of ether oxygens (including phenoxy) is 1. The summed E-state index contributed by atoms with van der Waals surface area (Å²) >= 11 is 0. The third-order valence-corrected chi connectivity index (χ3v) is 4.13. The zero-order chi connectivity index (χ0) is 16.4. The Morgan fingerprint density at radius 2 is 2.18 bits per heavy atom. The van der Waals surface area contributed by atoms with Gasteiger partial charge in [-0.25, -0.2) is 4.39 Å². The number of aromatic nitrogens is 1. The zero-order valence-corrected chi connectivity index (χ0v) is 13.3. The molecule has 0 amide bonds. The fourth-order valence-electron chi connectivity index (χ4n) is 2.75. The highest BCUT2D eigenvalue weighted by atomic mass is 19.1. The predicted molar refractivity (Wildman–Crippen MR) is 81.9 cm³/mol. The number of rotatable bonds is 5. The van der Waals surface area contributed by atoms with E-state index in [0.29, 0.717) is 16.5 Å². The number of methoxy groups -OCH3 is 1. The minimum atomic E-state index is -0.409. The molecule has 0 saturated heterocycles. The van der Waals surface area contributed by atoms with Crippen LogP contribution in [-0.4, -0.2) is 41.4 Å². The van der Waals surface area contributed by atoms with E-state index in [9.17, 15) is 14.3 Å². The Morgan fingerprint density at radius 1 is 1.50 bits per heavy atom. The second kappa shape index (κ2) is 6.46. The Labute approximate surface area is 128 Å². The second-order valence-electron chi connectivity index (χ2n) is 5.35. The van der Waals surface area contributed by atoms with Gasteiger partial charge >= 0.3 is 5.97 Å². The summed E-state index contributed by atoms with van der Waals surface area (Å²) in [4.78, 5) is 13.4. The maximum absolute atomic E-state index is 14.3. The molecule has 0 spiro atoms. The van der Waals surface area contributed by atoms with Crippen molar-refractivity contribution in [2.45, 2.75) is 26.4 Å². The molecule has 6 heteroatoms. The molecule has 0 aliphatic carbocycles. The van der Waals surface area contributed by atoms with Gasteiger partial charge in [0.15, 0.2) is 0 Å². The minimum absolute atomic E-state index is 0.0162. The van der Waals surface area contributed by atoms with E-state index in [1.165, 1.54) is 13.2 Å². The topological polar surface area (TPSA) is 54.7 Å². The number of halogens is 1. The Morgan fingerprint density at radius 3 is 2.77 bits per heavy atom. The number of carbonyl (C=O) groups is 1. The second-order valence-corrected chi connectivity index (χ2v) is 5.35. The quantitative estimate of drug-likeness (QED) is 0.679. The first-order valence-electron chi connectivity index (χ1n) is 7.08. The molecular weight excluding hydrogens is 287 g/mol. The van der Waals surface area contributed by atoms with Crippen molar-refractivity contribution < 1.29 is 19.0 Å². The van der Waals surface area contributed by atoms with E-state index in [4.69, 9.17) is 4.74 Å². The zero-order valence-electron chi connectivity index (χ0n) is 13.3. The van der Waals surface area contributed by atoms with Crippen LogP contribution in [0.4, 0.5) is 4.39 Å². The number of benzene rings is 1. The molecule has 1 unspecified atom stereocenters. The van der Waals surface area contributed by atoms with Gasteiger partial charge in [-0.1, -0.05) is 6.07 Å². The predicted octanol–water partition coefficient (Wildman–Crippen LogP) is 2.20. The number of esters is 1. The molecule has 0 saturated carbocycles. The summed E-state index contributed by atoms with van der Waals surface area (Å²) in [6, 6.07) is 4.84. The number of aliphatic hydroxyl groups excluding tert-OH is 1. The summed E-state index contributed by atoms with van der Waals surface area (Å²) < 4.78 is 21.0. The van der Waals surface area contributed by atoms with Gasteiger partial charge < -0.3 is 14.4 Å². The van der Waals surface area contributed by atoms with E-state index in [0.717, 1.165) is 5.69 Å². The molecule has 2 aromatic rings. The number of nitrogens with zero attached hydrogens (tertiary/aromatic N) is 2. The fourth-order valence-corrected chi connectivity index (χ4v) is 2.75. The molecule has 0 aliphatic heterocycles. The lowest BCUT2D eigenvalue weighted by Crippen LogP contribution is -2.28. The summed E-state index contributed by atoms with van der Waals surface area (Å²) in [6.07, 6.45) is -0.164. The van der Waals surface area contributed by atoms with Crippen LogP contribution in [-0.2, 0) is 16.0 Å². The Kier molecular flexibility index (Phi) is 4.83. The van der Waals surface area contributed by atoms with Crippen LogP contribution >= 0.6 is 0 Å². The van der Waals surface area contributed by atoms with Gasteiger partial charge in [0, 0.05) is 11.1 Å². The lowest BCUT2D eigenvalue weighted by atomic mass is 10.1. The Hall–Kier alpha value is -1.92. The molecule has 5 nitrogen and oxygen atoms in total. The normalized spacial score (nSPS) is 12.9. The van der Waals surface area contributed by atoms with Gasteiger partial charge in [0.2, 0.25) is 0 Å². The summed E-state index contributed by atoms with van der Waals surface area (Å²) in [7, 11) is 3.09. The highest BCUT2D eigenvalue weighted by Gasteiger charge is 2.23. The Balaban J connectivity index is 2.70. The fraction of sp³-hybridized carbons (Fsp3) is 0.438. The van der Waals surface area contributed by atoms with Gasteiger partial charge in [-0.15, -0.1) is 0 Å². The SMILES string of the molecule is COC(=O)Cc1c(C)n(C(C)N(C)CO)c2cccc(F)c12. The monoisotopic (exact) mass is 308 g/mol. The molecule has 1 aromatic carbocycles. The highest BCUT2D eigenvalue weighted by molar-refractivity contribution is 5.90. The third kappa shape index (κ3) is 2.71. The molecule has 1 heterocycles. The number of carbonyl (C=O) groups excluding carboxylic acids is 1. The van der Waals surface area contributed by atoms with Crippen molar-refractivity contribution >= 4 is 16.9 Å². The first-order chi connectivity index (χ1) is 10.4. The van der Waals surface area contributed by atoms with Crippen molar-refractivity contribution in [1.82, 2.24) is 9.47 Å². The number of aliphatic hydroxyl groups is 1. The first kappa shape index (κ1) is 16.5. The number of fused-ring (bicyclic) bond motifs is 1. The van der Waals surface area contributed by atoms with Crippen LogP contribution in [0.1, 0.15) is 24.3 Å². The minimum Gasteiger partial charge on any atom is -0.469 e. The van der Waals surface area contributed by atoms with E-state index in [1.54, 1.807) is 18.0 Å². The maximum Gasteiger partial charge on any atom is 0.310 e. The van der Waals surface area contributed by atoms with Crippen LogP contribution in [0.15, 0.2) is 18.2 Å². The smallest absolute Gasteiger partial charge is 0.310 e. The van der Waals surface area contributed by atoms with Crippen molar-refractivity contribution in [3.8, 4) is 0 Å².